The molecule has 2 aromatic carbocycles. The van der Waals surface area contributed by atoms with Crippen LogP contribution in [0.5, 0.6) is 11.5 Å². The third-order valence-corrected chi connectivity index (χ3v) is 5.79. The van der Waals surface area contributed by atoms with E-state index in [2.05, 4.69) is 28.5 Å². The van der Waals surface area contributed by atoms with Crippen LogP contribution in [0.25, 0.3) is 10.1 Å². The molecule has 0 bridgehead atoms. The van der Waals surface area contributed by atoms with Gasteiger partial charge >= 0.3 is 0 Å². The molecule has 3 rings (SSSR count). The molecule has 8 heteroatoms. The van der Waals surface area contributed by atoms with E-state index >= 15 is 0 Å². The van der Waals surface area contributed by atoms with E-state index < -0.39 is 11.8 Å². The zero-order valence-corrected chi connectivity index (χ0v) is 19.5. The van der Waals surface area contributed by atoms with Gasteiger partial charge in [0, 0.05) is 26.6 Å². The minimum Gasteiger partial charge on any atom is -0.493 e. The molecule has 1 heterocycles. The molecule has 172 valence electrons. The zero-order valence-electron chi connectivity index (χ0n) is 18.7. The molecule has 0 aliphatic carbocycles. The first-order chi connectivity index (χ1) is 16.1. The summed E-state index contributed by atoms with van der Waals surface area (Å²) in [5, 5.41) is 10.1. The van der Waals surface area contributed by atoms with Gasteiger partial charge in [0.2, 0.25) is 0 Å². The molecule has 0 unspecified atom stereocenters. The van der Waals surface area contributed by atoms with Crippen LogP contribution >= 0.6 is 11.3 Å². The van der Waals surface area contributed by atoms with Crippen molar-refractivity contribution in [2.75, 3.05) is 20.3 Å². The summed E-state index contributed by atoms with van der Waals surface area (Å²) in [5.74, 6) is 0.188. The summed E-state index contributed by atoms with van der Waals surface area (Å²) in [7, 11) is 1.51. The normalized spacial score (nSPS) is 11.2. The lowest BCUT2D eigenvalue weighted by molar-refractivity contribution is -0.120. The number of carbonyl (C=O) groups excluding carboxylic acids is 2. The Hall–Kier alpha value is -3.65. The third-order valence-electron chi connectivity index (χ3n) is 4.83. The predicted molar refractivity (Wildman–Crippen MR) is 132 cm³/mol. The minimum atomic E-state index is -0.420. The topological polar surface area (TPSA) is 89.0 Å². The first-order valence-corrected chi connectivity index (χ1v) is 11.5. The molecule has 2 N–H and O–H groups in total. The van der Waals surface area contributed by atoms with Crippen LogP contribution in [0.15, 0.2) is 65.6 Å². The van der Waals surface area contributed by atoms with Gasteiger partial charge in [0.25, 0.3) is 11.8 Å². The molecule has 7 nitrogen and oxygen atoms in total. The van der Waals surface area contributed by atoms with Crippen molar-refractivity contribution >= 4 is 38.9 Å². The number of hydrazone groups is 1. The van der Waals surface area contributed by atoms with E-state index in [-0.39, 0.29) is 6.54 Å². The van der Waals surface area contributed by atoms with Crippen LogP contribution in [-0.2, 0) is 4.79 Å². The van der Waals surface area contributed by atoms with Gasteiger partial charge in [-0.15, -0.1) is 17.9 Å². The third kappa shape index (κ3) is 6.20. The van der Waals surface area contributed by atoms with Gasteiger partial charge in [0.1, 0.15) is 0 Å². The Kier molecular flexibility index (Phi) is 8.60. The Morgan fingerprint density at radius 3 is 2.76 bits per heavy atom. The van der Waals surface area contributed by atoms with Gasteiger partial charge < -0.3 is 14.8 Å². The van der Waals surface area contributed by atoms with Crippen molar-refractivity contribution in [2.24, 2.45) is 5.10 Å². The van der Waals surface area contributed by atoms with E-state index in [1.165, 1.54) is 7.11 Å². The van der Waals surface area contributed by atoms with Gasteiger partial charge in [-0.05, 0) is 44.0 Å². The van der Waals surface area contributed by atoms with E-state index in [1.54, 1.807) is 29.5 Å². The highest BCUT2D eigenvalue weighted by Crippen LogP contribution is 2.28. The molecule has 0 saturated carbocycles. The number of thiophene rings is 1. The summed E-state index contributed by atoms with van der Waals surface area (Å²) in [6, 6.07) is 12.9. The number of hydrogen-bond acceptors (Lipinski definition) is 6. The fourth-order valence-corrected chi connectivity index (χ4v) is 4.18. The minimum absolute atomic E-state index is 0.211. The summed E-state index contributed by atoms with van der Waals surface area (Å²) in [4.78, 5) is 24.8. The van der Waals surface area contributed by atoms with Crippen molar-refractivity contribution in [3.05, 3.63) is 71.6 Å². The number of amides is 2. The molecule has 3 aromatic rings. The summed E-state index contributed by atoms with van der Waals surface area (Å²) >= 11 is 1.63. The maximum Gasteiger partial charge on any atom is 0.259 e. The lowest BCUT2D eigenvalue weighted by Crippen LogP contribution is -2.35. The van der Waals surface area contributed by atoms with Gasteiger partial charge in [-0.3, -0.25) is 9.59 Å². The van der Waals surface area contributed by atoms with Crippen molar-refractivity contribution in [3.63, 3.8) is 0 Å². The number of benzene rings is 2. The Bertz CT molecular complexity index is 1170. The zero-order chi connectivity index (χ0) is 23.6. The molecule has 0 aliphatic heterocycles. The van der Waals surface area contributed by atoms with E-state index in [4.69, 9.17) is 9.47 Å². The number of carbonyl (C=O) groups is 2. The standard InChI is InChI=1S/C25H27N3O4S/c1-4-6-10-20(19-16-33-23-11-8-7-9-18(19)23)27-28-24(29)15-26-25(30)17-12-13-21(32-5-2)22(14-17)31-3/h4,7-9,11-14,16H,1,5-6,10,15H2,2-3H3,(H,26,30)(H,28,29)/b27-20+. The van der Waals surface area contributed by atoms with Crippen molar-refractivity contribution in [3.8, 4) is 11.5 Å². The lowest BCUT2D eigenvalue weighted by Gasteiger charge is -2.11. The predicted octanol–water partition coefficient (Wildman–Crippen LogP) is 4.53. The van der Waals surface area contributed by atoms with Gasteiger partial charge in [0.05, 0.1) is 26.0 Å². The smallest absolute Gasteiger partial charge is 0.259 e. The first kappa shape index (κ1) is 24.0. The van der Waals surface area contributed by atoms with E-state index in [0.29, 0.717) is 30.1 Å². The molecule has 0 aliphatic rings. The summed E-state index contributed by atoms with van der Waals surface area (Å²) < 4.78 is 11.9. The molecule has 0 fully saturated rings. The molecule has 0 radical (unpaired) electrons. The molecule has 2 amide bonds. The van der Waals surface area contributed by atoms with Crippen LogP contribution in [0.1, 0.15) is 35.7 Å². The molecule has 0 saturated heterocycles. The molecular weight excluding hydrogens is 438 g/mol. The average molecular weight is 466 g/mol. The number of methoxy groups -OCH3 is 1. The average Bonchev–Trinajstić information content (AvgIpc) is 3.27. The van der Waals surface area contributed by atoms with Gasteiger partial charge in [-0.1, -0.05) is 24.3 Å². The molecule has 0 atom stereocenters. The van der Waals surface area contributed by atoms with Crippen LogP contribution in [0, 0.1) is 0 Å². The number of nitrogens with zero attached hydrogens (tertiary/aromatic N) is 1. The van der Waals surface area contributed by atoms with Crippen LogP contribution in [0.2, 0.25) is 0 Å². The fraction of sp³-hybridized carbons (Fsp3) is 0.240. The van der Waals surface area contributed by atoms with Gasteiger partial charge in [0.15, 0.2) is 11.5 Å². The van der Waals surface area contributed by atoms with Crippen molar-refractivity contribution in [2.45, 2.75) is 19.8 Å². The lowest BCUT2D eigenvalue weighted by atomic mass is 10.0. The second kappa shape index (κ2) is 11.8. The Morgan fingerprint density at radius 1 is 1.18 bits per heavy atom. The summed E-state index contributed by atoms with van der Waals surface area (Å²) in [6.45, 7) is 5.91. The number of hydrogen-bond donors (Lipinski definition) is 2. The molecular formula is C25H27N3O4S. The highest BCUT2D eigenvalue weighted by atomic mass is 32.1. The van der Waals surface area contributed by atoms with E-state index in [0.717, 1.165) is 27.8 Å². The Labute approximate surface area is 197 Å². The summed E-state index contributed by atoms with van der Waals surface area (Å²) in [5.41, 5.74) is 4.68. The summed E-state index contributed by atoms with van der Waals surface area (Å²) in [6.07, 6.45) is 3.19. The van der Waals surface area contributed by atoms with Crippen molar-refractivity contribution < 1.29 is 19.1 Å². The highest BCUT2D eigenvalue weighted by molar-refractivity contribution is 7.17. The maximum atomic E-state index is 12.5. The number of allylic oxidation sites excluding steroid dienone is 1. The Balaban J connectivity index is 1.65. The number of ether oxygens (including phenoxy) is 2. The van der Waals surface area contributed by atoms with Crippen molar-refractivity contribution in [1.29, 1.82) is 0 Å². The van der Waals surface area contributed by atoms with E-state index in [9.17, 15) is 9.59 Å². The van der Waals surface area contributed by atoms with Crippen LogP contribution in [0.3, 0.4) is 0 Å². The van der Waals surface area contributed by atoms with Crippen molar-refractivity contribution in [1.82, 2.24) is 10.7 Å². The number of rotatable bonds is 11. The second-order valence-corrected chi connectivity index (χ2v) is 7.96. The quantitative estimate of drug-likeness (QED) is 0.247. The monoisotopic (exact) mass is 465 g/mol. The second-order valence-electron chi connectivity index (χ2n) is 7.05. The van der Waals surface area contributed by atoms with Crippen LogP contribution in [0.4, 0.5) is 0 Å². The highest BCUT2D eigenvalue weighted by Gasteiger charge is 2.13. The van der Waals surface area contributed by atoms with E-state index in [1.807, 2.05) is 36.6 Å². The fourth-order valence-electron chi connectivity index (χ4n) is 3.21. The van der Waals surface area contributed by atoms with Crippen LogP contribution < -0.4 is 20.2 Å². The number of nitrogens with one attached hydrogen (secondary N) is 2. The molecule has 1 aromatic heterocycles. The molecule has 0 spiro atoms. The van der Waals surface area contributed by atoms with Gasteiger partial charge in [-0.25, -0.2) is 5.43 Å². The maximum absolute atomic E-state index is 12.5. The first-order valence-electron chi connectivity index (χ1n) is 10.6. The van der Waals surface area contributed by atoms with Gasteiger partial charge in [-0.2, -0.15) is 5.10 Å². The molecule has 33 heavy (non-hydrogen) atoms. The SMILES string of the molecule is C=CCC/C(=N\NC(=O)CNC(=O)c1ccc(OCC)c(OC)c1)c1csc2ccccc12. The van der Waals surface area contributed by atoms with Crippen LogP contribution in [-0.4, -0.2) is 37.8 Å². The Morgan fingerprint density at radius 2 is 2.00 bits per heavy atom. The number of fused-ring (bicyclic) bond motifs is 1. The largest absolute Gasteiger partial charge is 0.493 e.